The molecule has 0 aromatic heterocycles. The molecule has 0 saturated heterocycles. The molecular formula is C18H25NO2. The standard InChI is InChI=1S/C18H25NO2/c1-13(2)8-9-19-16-10-15(11-17(20)12-16)14-4-6-18(21-3)7-5-14/h4-7,13,15H,8-12H2,1-3H3/t15-/m1/s1. The van der Waals surface area contributed by atoms with E-state index in [9.17, 15) is 4.79 Å². The second-order valence-electron chi connectivity index (χ2n) is 6.22. The van der Waals surface area contributed by atoms with Crippen LogP contribution in [0, 0.1) is 5.92 Å². The summed E-state index contributed by atoms with van der Waals surface area (Å²) in [5.74, 6) is 2.10. The van der Waals surface area contributed by atoms with Crippen LogP contribution in [0.3, 0.4) is 0 Å². The molecule has 2 rings (SSSR count). The number of methoxy groups -OCH3 is 1. The molecule has 1 aliphatic rings. The Balaban J connectivity index is 2.04. The van der Waals surface area contributed by atoms with E-state index >= 15 is 0 Å². The van der Waals surface area contributed by atoms with Crippen LogP contribution < -0.4 is 4.74 Å². The van der Waals surface area contributed by atoms with E-state index in [2.05, 4.69) is 31.0 Å². The number of carbonyl (C=O) groups excluding carboxylic acids is 1. The van der Waals surface area contributed by atoms with Gasteiger partial charge in [-0.1, -0.05) is 26.0 Å². The topological polar surface area (TPSA) is 38.7 Å². The van der Waals surface area contributed by atoms with Gasteiger partial charge in [-0.25, -0.2) is 0 Å². The molecule has 1 aromatic rings. The fourth-order valence-electron chi connectivity index (χ4n) is 2.72. The van der Waals surface area contributed by atoms with E-state index in [4.69, 9.17) is 4.74 Å². The predicted molar refractivity (Wildman–Crippen MR) is 86.4 cm³/mol. The summed E-state index contributed by atoms with van der Waals surface area (Å²) in [6, 6.07) is 8.05. The van der Waals surface area contributed by atoms with Crippen molar-refractivity contribution in [3.63, 3.8) is 0 Å². The number of ether oxygens (including phenoxy) is 1. The van der Waals surface area contributed by atoms with Gasteiger partial charge in [0.05, 0.1) is 7.11 Å². The van der Waals surface area contributed by atoms with Crippen molar-refractivity contribution < 1.29 is 9.53 Å². The Morgan fingerprint density at radius 3 is 2.57 bits per heavy atom. The average Bonchev–Trinajstić information content (AvgIpc) is 2.46. The molecule has 0 heterocycles. The van der Waals surface area contributed by atoms with Crippen LogP contribution in [0.2, 0.25) is 0 Å². The maximum atomic E-state index is 12.0. The van der Waals surface area contributed by atoms with Crippen LogP contribution in [0.4, 0.5) is 0 Å². The second-order valence-corrected chi connectivity index (χ2v) is 6.22. The number of ketones is 1. The molecule has 1 atom stereocenters. The average molecular weight is 287 g/mol. The maximum Gasteiger partial charge on any atom is 0.139 e. The lowest BCUT2D eigenvalue weighted by molar-refractivity contribution is -0.118. The van der Waals surface area contributed by atoms with Crippen molar-refractivity contribution in [2.45, 2.75) is 45.4 Å². The first kappa shape index (κ1) is 15.7. The lowest BCUT2D eigenvalue weighted by Crippen LogP contribution is -2.22. The largest absolute Gasteiger partial charge is 0.497 e. The van der Waals surface area contributed by atoms with Crippen LogP contribution in [0.5, 0.6) is 5.75 Å². The molecule has 0 bridgehead atoms. The number of nitrogens with zero attached hydrogens (tertiary/aromatic N) is 1. The summed E-state index contributed by atoms with van der Waals surface area (Å²) in [6.45, 7) is 5.24. The molecule has 0 aliphatic heterocycles. The zero-order valence-electron chi connectivity index (χ0n) is 13.3. The summed E-state index contributed by atoms with van der Waals surface area (Å²) in [5.41, 5.74) is 2.29. The molecule has 1 aromatic carbocycles. The first-order chi connectivity index (χ1) is 10.1. The number of carbonyl (C=O) groups is 1. The number of Topliss-reactive ketones (excluding diaryl/α,β-unsaturated/α-hetero) is 1. The summed E-state index contributed by atoms with van der Waals surface area (Å²) >= 11 is 0. The van der Waals surface area contributed by atoms with E-state index in [0.29, 0.717) is 24.5 Å². The van der Waals surface area contributed by atoms with Gasteiger partial charge < -0.3 is 4.74 Å². The summed E-state index contributed by atoms with van der Waals surface area (Å²) in [7, 11) is 1.67. The van der Waals surface area contributed by atoms with Gasteiger partial charge in [0.1, 0.15) is 11.5 Å². The van der Waals surface area contributed by atoms with Crippen molar-refractivity contribution in [3.05, 3.63) is 29.8 Å². The molecule has 0 spiro atoms. The Morgan fingerprint density at radius 2 is 1.95 bits per heavy atom. The normalized spacial score (nSPS) is 21.0. The van der Waals surface area contributed by atoms with E-state index in [1.54, 1.807) is 7.11 Å². The highest BCUT2D eigenvalue weighted by Gasteiger charge is 2.25. The molecule has 0 unspecified atom stereocenters. The van der Waals surface area contributed by atoms with Gasteiger partial charge in [-0.3, -0.25) is 9.79 Å². The zero-order valence-corrected chi connectivity index (χ0v) is 13.3. The van der Waals surface area contributed by atoms with Gasteiger partial charge in [0, 0.05) is 25.1 Å². The van der Waals surface area contributed by atoms with Gasteiger partial charge in [0.2, 0.25) is 0 Å². The maximum absolute atomic E-state index is 12.0. The van der Waals surface area contributed by atoms with Gasteiger partial charge in [-0.2, -0.15) is 0 Å². The Bertz CT molecular complexity index is 502. The summed E-state index contributed by atoms with van der Waals surface area (Å²) in [5, 5.41) is 0. The molecule has 1 aliphatic carbocycles. The monoisotopic (exact) mass is 287 g/mol. The Kier molecular flexibility index (Phi) is 5.54. The van der Waals surface area contributed by atoms with Crippen LogP contribution in [-0.2, 0) is 4.79 Å². The number of hydrogen-bond donors (Lipinski definition) is 0. The molecule has 0 N–H and O–H groups in total. The molecule has 0 amide bonds. The van der Waals surface area contributed by atoms with Gasteiger partial charge in [-0.15, -0.1) is 0 Å². The van der Waals surface area contributed by atoms with E-state index in [0.717, 1.165) is 30.8 Å². The fourth-order valence-corrected chi connectivity index (χ4v) is 2.72. The Morgan fingerprint density at radius 1 is 1.24 bits per heavy atom. The summed E-state index contributed by atoms with van der Waals surface area (Å²) < 4.78 is 5.18. The summed E-state index contributed by atoms with van der Waals surface area (Å²) in [6.07, 6.45) is 3.18. The first-order valence-electron chi connectivity index (χ1n) is 7.76. The second kappa shape index (κ2) is 7.39. The van der Waals surface area contributed by atoms with E-state index in [-0.39, 0.29) is 5.92 Å². The van der Waals surface area contributed by atoms with E-state index < -0.39 is 0 Å². The molecule has 1 saturated carbocycles. The highest BCUT2D eigenvalue weighted by Crippen LogP contribution is 2.30. The molecule has 21 heavy (non-hydrogen) atoms. The van der Waals surface area contributed by atoms with Crippen molar-refractivity contribution in [2.24, 2.45) is 10.9 Å². The number of rotatable bonds is 5. The number of benzene rings is 1. The molecule has 114 valence electrons. The van der Waals surface area contributed by atoms with Gasteiger partial charge in [0.25, 0.3) is 0 Å². The predicted octanol–water partition coefficient (Wildman–Crippen LogP) is 4.02. The van der Waals surface area contributed by atoms with Gasteiger partial charge >= 0.3 is 0 Å². The van der Waals surface area contributed by atoms with Crippen molar-refractivity contribution >= 4 is 11.5 Å². The van der Waals surface area contributed by atoms with Gasteiger partial charge in [-0.05, 0) is 42.4 Å². The Hall–Kier alpha value is -1.64. The number of hydrogen-bond acceptors (Lipinski definition) is 3. The molecule has 1 fully saturated rings. The lowest BCUT2D eigenvalue weighted by atomic mass is 9.82. The smallest absolute Gasteiger partial charge is 0.139 e. The van der Waals surface area contributed by atoms with Crippen LogP contribution in [-0.4, -0.2) is 25.1 Å². The third-order valence-electron chi connectivity index (χ3n) is 3.99. The molecular weight excluding hydrogens is 262 g/mol. The minimum Gasteiger partial charge on any atom is -0.497 e. The molecule has 3 nitrogen and oxygen atoms in total. The first-order valence-corrected chi connectivity index (χ1v) is 7.76. The van der Waals surface area contributed by atoms with Crippen LogP contribution in [0.1, 0.15) is 51.0 Å². The van der Waals surface area contributed by atoms with Crippen molar-refractivity contribution in [2.75, 3.05) is 13.7 Å². The van der Waals surface area contributed by atoms with Gasteiger partial charge in [0.15, 0.2) is 0 Å². The van der Waals surface area contributed by atoms with Crippen molar-refractivity contribution in [1.82, 2.24) is 0 Å². The van der Waals surface area contributed by atoms with E-state index in [1.807, 2.05) is 12.1 Å². The third-order valence-corrected chi connectivity index (χ3v) is 3.99. The van der Waals surface area contributed by atoms with Crippen LogP contribution in [0.15, 0.2) is 29.3 Å². The highest BCUT2D eigenvalue weighted by molar-refractivity contribution is 6.05. The number of aliphatic imine (C=N–C) groups is 1. The van der Waals surface area contributed by atoms with Crippen LogP contribution >= 0.6 is 0 Å². The summed E-state index contributed by atoms with van der Waals surface area (Å²) in [4.78, 5) is 16.6. The van der Waals surface area contributed by atoms with Crippen molar-refractivity contribution in [1.29, 1.82) is 0 Å². The fraction of sp³-hybridized carbons (Fsp3) is 0.556. The highest BCUT2D eigenvalue weighted by atomic mass is 16.5. The van der Waals surface area contributed by atoms with Crippen molar-refractivity contribution in [3.8, 4) is 5.75 Å². The van der Waals surface area contributed by atoms with E-state index in [1.165, 1.54) is 5.56 Å². The third kappa shape index (κ3) is 4.69. The molecule has 3 heteroatoms. The van der Waals surface area contributed by atoms with Crippen LogP contribution in [0.25, 0.3) is 0 Å². The molecule has 0 radical (unpaired) electrons. The minimum atomic E-state index is 0.273. The lowest BCUT2D eigenvalue weighted by Gasteiger charge is -2.23. The minimum absolute atomic E-state index is 0.273. The SMILES string of the molecule is COc1ccc([C@H]2CC(=O)CC(=NCCC(C)C)C2)cc1. The Labute approximate surface area is 127 Å². The quantitative estimate of drug-likeness (QED) is 0.820. The zero-order chi connectivity index (χ0) is 15.2.